The molecule has 0 amide bonds. The minimum Gasteiger partial charge on any atom is -0.310 e. The molecule has 4 heteroatoms. The predicted octanol–water partition coefficient (Wildman–Crippen LogP) is 1.05. The van der Waals surface area contributed by atoms with Gasteiger partial charge >= 0.3 is 0 Å². The fraction of sp³-hybridized carbons (Fsp3) is 0.667. The Hall–Kier alpha value is -1.00. The van der Waals surface area contributed by atoms with E-state index in [9.17, 15) is 0 Å². The SMILES string of the molecule is CC1CC(NCc2cncnc2)CCN1C. The third kappa shape index (κ3) is 3.00. The van der Waals surface area contributed by atoms with Crippen molar-refractivity contribution in [2.75, 3.05) is 13.6 Å². The van der Waals surface area contributed by atoms with Crippen LogP contribution in [0.15, 0.2) is 18.7 Å². The van der Waals surface area contributed by atoms with E-state index in [2.05, 4.69) is 34.2 Å². The molecule has 2 rings (SSSR count). The van der Waals surface area contributed by atoms with E-state index >= 15 is 0 Å². The highest BCUT2D eigenvalue weighted by Crippen LogP contribution is 2.15. The van der Waals surface area contributed by atoms with Crippen molar-refractivity contribution in [1.82, 2.24) is 20.2 Å². The average Bonchev–Trinajstić information content (AvgIpc) is 2.32. The molecule has 2 unspecified atom stereocenters. The zero-order valence-corrected chi connectivity index (χ0v) is 10.1. The number of aromatic nitrogens is 2. The lowest BCUT2D eigenvalue weighted by Gasteiger charge is -2.35. The van der Waals surface area contributed by atoms with Gasteiger partial charge in [-0.3, -0.25) is 0 Å². The molecule has 2 atom stereocenters. The van der Waals surface area contributed by atoms with Crippen LogP contribution in [0.2, 0.25) is 0 Å². The van der Waals surface area contributed by atoms with E-state index in [0.29, 0.717) is 12.1 Å². The van der Waals surface area contributed by atoms with Crippen molar-refractivity contribution in [2.24, 2.45) is 0 Å². The van der Waals surface area contributed by atoms with Gasteiger partial charge in [0.1, 0.15) is 6.33 Å². The molecule has 0 radical (unpaired) electrons. The standard InChI is InChI=1S/C12H20N4/c1-10-5-12(3-4-16(10)2)15-8-11-6-13-9-14-7-11/h6-7,9-10,12,15H,3-5,8H2,1-2H3. The number of rotatable bonds is 3. The highest BCUT2D eigenvalue weighted by molar-refractivity contribution is 5.02. The van der Waals surface area contributed by atoms with Crippen LogP contribution in [0.4, 0.5) is 0 Å². The van der Waals surface area contributed by atoms with Crippen molar-refractivity contribution in [1.29, 1.82) is 0 Å². The van der Waals surface area contributed by atoms with Crippen molar-refractivity contribution in [3.63, 3.8) is 0 Å². The summed E-state index contributed by atoms with van der Waals surface area (Å²) in [4.78, 5) is 10.5. The van der Waals surface area contributed by atoms with Crippen LogP contribution in [0, 0.1) is 0 Å². The van der Waals surface area contributed by atoms with Crippen LogP contribution in [-0.2, 0) is 6.54 Å². The highest BCUT2D eigenvalue weighted by atomic mass is 15.1. The summed E-state index contributed by atoms with van der Waals surface area (Å²) in [7, 11) is 2.20. The number of likely N-dealkylation sites (tertiary alicyclic amines) is 1. The Balaban J connectivity index is 1.79. The second kappa shape index (κ2) is 5.37. The molecule has 0 aromatic carbocycles. The normalized spacial score (nSPS) is 26.9. The first-order valence-corrected chi connectivity index (χ1v) is 5.93. The third-order valence-corrected chi connectivity index (χ3v) is 3.42. The van der Waals surface area contributed by atoms with Crippen LogP contribution in [0.25, 0.3) is 0 Å². The Bertz CT molecular complexity index is 314. The highest BCUT2D eigenvalue weighted by Gasteiger charge is 2.21. The van der Waals surface area contributed by atoms with Crippen LogP contribution in [-0.4, -0.2) is 40.5 Å². The molecule has 4 nitrogen and oxygen atoms in total. The van der Waals surface area contributed by atoms with E-state index in [1.165, 1.54) is 19.4 Å². The first-order chi connectivity index (χ1) is 7.75. The van der Waals surface area contributed by atoms with E-state index in [1.54, 1.807) is 6.33 Å². The molecule has 1 fully saturated rings. The number of hydrogen-bond donors (Lipinski definition) is 1. The van der Waals surface area contributed by atoms with Gasteiger partial charge in [-0.2, -0.15) is 0 Å². The van der Waals surface area contributed by atoms with Crippen molar-refractivity contribution in [3.05, 3.63) is 24.3 Å². The van der Waals surface area contributed by atoms with Crippen molar-refractivity contribution >= 4 is 0 Å². The molecule has 0 saturated carbocycles. The maximum atomic E-state index is 4.02. The summed E-state index contributed by atoms with van der Waals surface area (Å²) >= 11 is 0. The molecule has 1 N–H and O–H groups in total. The minimum atomic E-state index is 0.631. The summed E-state index contributed by atoms with van der Waals surface area (Å²) in [6, 6.07) is 1.31. The van der Waals surface area contributed by atoms with Gasteiger partial charge in [0.25, 0.3) is 0 Å². The summed E-state index contributed by atoms with van der Waals surface area (Å²) < 4.78 is 0. The molecule has 0 aliphatic carbocycles. The van der Waals surface area contributed by atoms with Gasteiger partial charge in [-0.15, -0.1) is 0 Å². The number of nitrogens with zero attached hydrogens (tertiary/aromatic N) is 3. The fourth-order valence-electron chi connectivity index (χ4n) is 2.16. The number of hydrogen-bond acceptors (Lipinski definition) is 4. The van der Waals surface area contributed by atoms with Gasteiger partial charge in [-0.05, 0) is 33.4 Å². The minimum absolute atomic E-state index is 0.631. The Morgan fingerprint density at radius 1 is 1.44 bits per heavy atom. The molecule has 0 bridgehead atoms. The third-order valence-electron chi connectivity index (χ3n) is 3.42. The lowest BCUT2D eigenvalue weighted by molar-refractivity contribution is 0.168. The largest absolute Gasteiger partial charge is 0.310 e. The van der Waals surface area contributed by atoms with E-state index in [4.69, 9.17) is 0 Å². The zero-order valence-electron chi connectivity index (χ0n) is 10.1. The summed E-state index contributed by atoms with van der Waals surface area (Å²) in [5.41, 5.74) is 1.16. The fourth-order valence-corrected chi connectivity index (χ4v) is 2.16. The maximum absolute atomic E-state index is 4.02. The molecule has 1 aliphatic heterocycles. The second-order valence-corrected chi connectivity index (χ2v) is 4.68. The van der Waals surface area contributed by atoms with Gasteiger partial charge in [0, 0.05) is 36.6 Å². The Kier molecular flexibility index (Phi) is 3.85. The van der Waals surface area contributed by atoms with Gasteiger partial charge in [-0.25, -0.2) is 9.97 Å². The molecule has 0 spiro atoms. The molecule has 1 saturated heterocycles. The van der Waals surface area contributed by atoms with E-state index in [-0.39, 0.29) is 0 Å². The summed E-state index contributed by atoms with van der Waals surface area (Å²) in [6.45, 7) is 4.35. The van der Waals surface area contributed by atoms with Crippen LogP contribution in [0.1, 0.15) is 25.3 Å². The van der Waals surface area contributed by atoms with E-state index < -0.39 is 0 Å². The van der Waals surface area contributed by atoms with Gasteiger partial charge in [-0.1, -0.05) is 0 Å². The van der Waals surface area contributed by atoms with Gasteiger partial charge in [0.05, 0.1) is 0 Å². The molecular formula is C12H20N4. The average molecular weight is 220 g/mol. The molecular weight excluding hydrogens is 200 g/mol. The van der Waals surface area contributed by atoms with Gasteiger partial charge in [0.15, 0.2) is 0 Å². The van der Waals surface area contributed by atoms with Crippen LogP contribution in [0.3, 0.4) is 0 Å². The zero-order chi connectivity index (χ0) is 11.4. The topological polar surface area (TPSA) is 41.1 Å². The maximum Gasteiger partial charge on any atom is 0.115 e. The quantitative estimate of drug-likeness (QED) is 0.826. The molecule has 1 aliphatic rings. The van der Waals surface area contributed by atoms with E-state index in [1.807, 2.05) is 12.4 Å². The monoisotopic (exact) mass is 220 g/mol. The van der Waals surface area contributed by atoms with Crippen molar-refractivity contribution < 1.29 is 0 Å². The number of piperidine rings is 1. The Morgan fingerprint density at radius 2 is 2.19 bits per heavy atom. The Labute approximate surface area is 97.1 Å². The molecule has 16 heavy (non-hydrogen) atoms. The lowest BCUT2D eigenvalue weighted by Crippen LogP contribution is -2.45. The molecule has 1 aromatic rings. The van der Waals surface area contributed by atoms with Crippen LogP contribution >= 0.6 is 0 Å². The van der Waals surface area contributed by atoms with Gasteiger partial charge < -0.3 is 10.2 Å². The van der Waals surface area contributed by atoms with Crippen molar-refractivity contribution in [2.45, 2.75) is 38.4 Å². The van der Waals surface area contributed by atoms with Gasteiger partial charge in [0.2, 0.25) is 0 Å². The molecule has 88 valence electrons. The lowest BCUT2D eigenvalue weighted by atomic mass is 9.99. The molecule has 2 heterocycles. The summed E-state index contributed by atoms with van der Waals surface area (Å²) in [5.74, 6) is 0. The van der Waals surface area contributed by atoms with E-state index in [0.717, 1.165) is 12.1 Å². The molecule has 1 aromatic heterocycles. The Morgan fingerprint density at radius 3 is 2.88 bits per heavy atom. The summed E-state index contributed by atoms with van der Waals surface area (Å²) in [5, 5.41) is 3.58. The van der Waals surface area contributed by atoms with Crippen LogP contribution < -0.4 is 5.32 Å². The first kappa shape index (κ1) is 11.5. The number of nitrogens with one attached hydrogen (secondary N) is 1. The predicted molar refractivity (Wildman–Crippen MR) is 64.0 cm³/mol. The summed E-state index contributed by atoms with van der Waals surface area (Å²) in [6.07, 6.45) is 7.77. The van der Waals surface area contributed by atoms with Crippen molar-refractivity contribution in [3.8, 4) is 0 Å². The first-order valence-electron chi connectivity index (χ1n) is 5.93. The second-order valence-electron chi connectivity index (χ2n) is 4.68. The smallest absolute Gasteiger partial charge is 0.115 e. The van der Waals surface area contributed by atoms with Crippen LogP contribution in [0.5, 0.6) is 0 Å².